The number of esters is 1. The van der Waals surface area contributed by atoms with Gasteiger partial charge in [0.05, 0.1) is 7.11 Å². The maximum Gasteiger partial charge on any atom is 0.305 e. The lowest BCUT2D eigenvalue weighted by atomic mass is 10.0. The van der Waals surface area contributed by atoms with Crippen molar-refractivity contribution in [2.45, 2.75) is 44.6 Å². The zero-order chi connectivity index (χ0) is 23.6. The molecule has 0 aromatic heterocycles. The number of ether oxygens (including phenoxy) is 1. The molecule has 1 aliphatic carbocycles. The van der Waals surface area contributed by atoms with Crippen molar-refractivity contribution in [2.24, 2.45) is 0 Å². The molecule has 6 nitrogen and oxygen atoms in total. The number of amides is 2. The van der Waals surface area contributed by atoms with Crippen LogP contribution in [0.1, 0.15) is 60.0 Å². The summed E-state index contributed by atoms with van der Waals surface area (Å²) in [5, 5.41) is 5.84. The van der Waals surface area contributed by atoms with Crippen molar-refractivity contribution in [3.05, 3.63) is 71.0 Å². The van der Waals surface area contributed by atoms with E-state index in [1.807, 2.05) is 0 Å². The lowest BCUT2D eigenvalue weighted by Gasteiger charge is -2.10. The minimum Gasteiger partial charge on any atom is -0.469 e. The SMILES string of the molecule is COC(=O)CCCCCNC(=O)c1ccc(C=C(C(=O)NC2CC2)c2ccc(F)cc2)cc1. The molecule has 2 N–H and O–H groups in total. The third kappa shape index (κ3) is 7.86. The monoisotopic (exact) mass is 452 g/mol. The third-order valence-electron chi connectivity index (χ3n) is 5.37. The van der Waals surface area contributed by atoms with Crippen LogP contribution in [-0.2, 0) is 14.3 Å². The van der Waals surface area contributed by atoms with Crippen LogP contribution in [0.3, 0.4) is 0 Å². The number of halogens is 1. The summed E-state index contributed by atoms with van der Waals surface area (Å²) >= 11 is 0. The molecule has 0 unspecified atom stereocenters. The molecule has 1 saturated carbocycles. The molecule has 7 heteroatoms. The molecule has 2 aromatic rings. The van der Waals surface area contributed by atoms with Crippen LogP contribution in [0, 0.1) is 5.82 Å². The van der Waals surface area contributed by atoms with Gasteiger partial charge < -0.3 is 15.4 Å². The topological polar surface area (TPSA) is 84.5 Å². The van der Waals surface area contributed by atoms with E-state index in [0.29, 0.717) is 29.7 Å². The Morgan fingerprint density at radius 3 is 2.27 bits per heavy atom. The Bertz CT molecular complexity index is 996. The van der Waals surface area contributed by atoms with E-state index in [2.05, 4.69) is 15.4 Å². The maximum absolute atomic E-state index is 13.3. The quantitative estimate of drug-likeness (QED) is 0.233. The second kappa shape index (κ2) is 11.9. The van der Waals surface area contributed by atoms with Crippen molar-refractivity contribution in [3.8, 4) is 0 Å². The Morgan fingerprint density at radius 2 is 1.64 bits per heavy atom. The number of benzene rings is 2. The Kier molecular flexibility index (Phi) is 8.75. The molecule has 0 atom stereocenters. The van der Waals surface area contributed by atoms with E-state index in [1.165, 1.54) is 19.2 Å². The van der Waals surface area contributed by atoms with Crippen molar-refractivity contribution in [2.75, 3.05) is 13.7 Å². The standard InChI is InChI=1S/C26H29FN2O4/c1-33-24(30)5-3-2-4-16-28-25(31)20-8-6-18(7-9-20)17-23(26(32)29-22-14-15-22)19-10-12-21(27)13-11-19/h6-13,17,22H,2-5,14-16H2,1H3,(H,28,31)(H,29,32). The van der Waals surface area contributed by atoms with Gasteiger partial charge >= 0.3 is 5.97 Å². The molecular formula is C26H29FN2O4. The third-order valence-corrected chi connectivity index (χ3v) is 5.37. The van der Waals surface area contributed by atoms with Gasteiger partial charge in [0.1, 0.15) is 5.82 Å². The fraction of sp³-hybridized carbons (Fsp3) is 0.346. The van der Waals surface area contributed by atoms with E-state index in [-0.39, 0.29) is 29.6 Å². The van der Waals surface area contributed by atoms with E-state index in [0.717, 1.165) is 37.7 Å². The van der Waals surface area contributed by atoms with Crippen LogP contribution >= 0.6 is 0 Å². The Hall–Kier alpha value is -3.48. The summed E-state index contributed by atoms with van der Waals surface area (Å²) < 4.78 is 17.9. The first kappa shape index (κ1) is 24.2. The smallest absolute Gasteiger partial charge is 0.305 e. The highest BCUT2D eigenvalue weighted by atomic mass is 19.1. The Morgan fingerprint density at radius 1 is 0.970 bits per heavy atom. The van der Waals surface area contributed by atoms with Gasteiger partial charge in [-0.15, -0.1) is 0 Å². The van der Waals surface area contributed by atoms with Gasteiger partial charge in [0.25, 0.3) is 11.8 Å². The number of rotatable bonds is 11. The fourth-order valence-corrected chi connectivity index (χ4v) is 3.27. The van der Waals surface area contributed by atoms with E-state index >= 15 is 0 Å². The van der Waals surface area contributed by atoms with Crippen molar-refractivity contribution in [1.29, 1.82) is 0 Å². The van der Waals surface area contributed by atoms with Gasteiger partial charge in [0.15, 0.2) is 0 Å². The van der Waals surface area contributed by atoms with Crippen LogP contribution < -0.4 is 10.6 Å². The summed E-state index contributed by atoms with van der Waals surface area (Å²) in [6, 6.07) is 13.0. The van der Waals surface area contributed by atoms with Gasteiger partial charge in [0, 0.05) is 30.1 Å². The molecule has 2 amide bonds. The number of hydrogen-bond acceptors (Lipinski definition) is 4. The highest BCUT2D eigenvalue weighted by molar-refractivity contribution is 6.24. The maximum atomic E-state index is 13.3. The Balaban J connectivity index is 1.59. The van der Waals surface area contributed by atoms with E-state index in [9.17, 15) is 18.8 Å². The van der Waals surface area contributed by atoms with Gasteiger partial charge in [-0.1, -0.05) is 30.7 Å². The molecule has 174 valence electrons. The van der Waals surface area contributed by atoms with Crippen molar-refractivity contribution in [3.63, 3.8) is 0 Å². The van der Waals surface area contributed by atoms with Crippen LogP contribution in [0.5, 0.6) is 0 Å². The van der Waals surface area contributed by atoms with Crippen LogP contribution in [-0.4, -0.2) is 37.5 Å². The molecule has 0 heterocycles. The minimum atomic E-state index is -0.362. The fourth-order valence-electron chi connectivity index (χ4n) is 3.27. The molecule has 1 fully saturated rings. The van der Waals surface area contributed by atoms with Gasteiger partial charge in [-0.25, -0.2) is 4.39 Å². The van der Waals surface area contributed by atoms with Gasteiger partial charge in [-0.3, -0.25) is 14.4 Å². The van der Waals surface area contributed by atoms with E-state index in [1.54, 1.807) is 42.5 Å². The first-order chi connectivity index (χ1) is 16.0. The average Bonchev–Trinajstić information content (AvgIpc) is 3.64. The summed E-state index contributed by atoms with van der Waals surface area (Å²) in [5.74, 6) is -0.956. The molecule has 0 radical (unpaired) electrons. The van der Waals surface area contributed by atoms with E-state index in [4.69, 9.17) is 0 Å². The lowest BCUT2D eigenvalue weighted by molar-refractivity contribution is -0.140. The highest BCUT2D eigenvalue weighted by Crippen LogP contribution is 2.24. The van der Waals surface area contributed by atoms with E-state index < -0.39 is 0 Å². The number of unbranched alkanes of at least 4 members (excludes halogenated alkanes) is 2. The molecule has 2 aromatic carbocycles. The second-order valence-electron chi connectivity index (χ2n) is 8.08. The predicted molar refractivity (Wildman–Crippen MR) is 125 cm³/mol. The van der Waals surface area contributed by atoms with Gasteiger partial charge in [-0.2, -0.15) is 0 Å². The first-order valence-electron chi connectivity index (χ1n) is 11.2. The molecule has 1 aliphatic rings. The van der Waals surface area contributed by atoms with Crippen LogP contribution in [0.2, 0.25) is 0 Å². The minimum absolute atomic E-state index is 0.177. The average molecular weight is 453 g/mol. The molecule has 0 aliphatic heterocycles. The summed E-state index contributed by atoms with van der Waals surface area (Å²) in [6.45, 7) is 0.526. The van der Waals surface area contributed by atoms with Crippen LogP contribution in [0.25, 0.3) is 11.6 Å². The van der Waals surface area contributed by atoms with Crippen molar-refractivity contribution in [1.82, 2.24) is 10.6 Å². The highest BCUT2D eigenvalue weighted by Gasteiger charge is 2.25. The number of carbonyl (C=O) groups excluding carboxylic acids is 3. The summed E-state index contributed by atoms with van der Waals surface area (Å²) in [4.78, 5) is 36.2. The molecule has 33 heavy (non-hydrogen) atoms. The predicted octanol–water partition coefficient (Wildman–Crippen LogP) is 4.11. The summed E-state index contributed by atoms with van der Waals surface area (Å²) in [5.41, 5.74) is 2.36. The Labute approximate surface area is 193 Å². The lowest BCUT2D eigenvalue weighted by Crippen LogP contribution is -2.26. The molecule has 0 saturated heterocycles. The second-order valence-corrected chi connectivity index (χ2v) is 8.08. The van der Waals surface area contributed by atoms with Crippen LogP contribution in [0.15, 0.2) is 48.5 Å². The van der Waals surface area contributed by atoms with Gasteiger partial charge in [0.2, 0.25) is 0 Å². The number of nitrogens with one attached hydrogen (secondary N) is 2. The van der Waals surface area contributed by atoms with Crippen LogP contribution in [0.4, 0.5) is 4.39 Å². The van der Waals surface area contributed by atoms with Gasteiger partial charge in [-0.05, 0) is 67.2 Å². The normalized spacial score (nSPS) is 13.3. The number of methoxy groups -OCH3 is 1. The van der Waals surface area contributed by atoms with Crippen molar-refractivity contribution < 1.29 is 23.5 Å². The first-order valence-corrected chi connectivity index (χ1v) is 11.2. The zero-order valence-electron chi connectivity index (χ0n) is 18.7. The number of carbonyl (C=O) groups is 3. The zero-order valence-corrected chi connectivity index (χ0v) is 18.7. The molecule has 0 bridgehead atoms. The summed E-state index contributed by atoms with van der Waals surface area (Å²) in [7, 11) is 1.37. The molecular weight excluding hydrogens is 423 g/mol. The largest absolute Gasteiger partial charge is 0.469 e. The summed E-state index contributed by atoms with van der Waals surface area (Å²) in [6.07, 6.45) is 6.41. The molecule has 0 spiro atoms. The van der Waals surface area contributed by atoms with Crippen molar-refractivity contribution >= 4 is 29.4 Å². The number of hydrogen-bond donors (Lipinski definition) is 2. The molecule has 3 rings (SSSR count).